The van der Waals surface area contributed by atoms with Gasteiger partial charge in [-0.3, -0.25) is 9.80 Å². The molecule has 6 heteroatoms. The zero-order valence-electron chi connectivity index (χ0n) is 22.5. The van der Waals surface area contributed by atoms with E-state index in [0.717, 1.165) is 81.1 Å². The quantitative estimate of drug-likeness (QED) is 0.355. The molecular weight excluding hydrogens is 450 g/mol. The molecule has 198 valence electrons. The number of phenols is 1. The van der Waals surface area contributed by atoms with Crippen molar-refractivity contribution in [3.05, 3.63) is 60.2 Å². The highest BCUT2D eigenvalue weighted by atomic mass is 16.5. The summed E-state index contributed by atoms with van der Waals surface area (Å²) in [6.07, 6.45) is 4.33. The number of benzene rings is 2. The number of nitrogen functional groups attached to an aromatic ring is 1. The minimum absolute atomic E-state index is 0.294. The number of fused-ring (bicyclic) bond motifs is 1. The summed E-state index contributed by atoms with van der Waals surface area (Å²) in [5.74, 6) is 3.11. The Hall–Kier alpha value is -2.70. The summed E-state index contributed by atoms with van der Waals surface area (Å²) >= 11 is 0. The Morgan fingerprint density at radius 2 is 2.03 bits per heavy atom. The lowest BCUT2D eigenvalue weighted by atomic mass is 10.0. The highest BCUT2D eigenvalue weighted by molar-refractivity contribution is 5.49. The molecule has 0 radical (unpaired) electrons. The van der Waals surface area contributed by atoms with E-state index in [1.54, 1.807) is 7.11 Å². The van der Waals surface area contributed by atoms with Gasteiger partial charge in [-0.05, 0) is 79.5 Å². The molecule has 0 saturated carbocycles. The third-order valence-corrected chi connectivity index (χ3v) is 6.91. The molecule has 1 saturated heterocycles. The van der Waals surface area contributed by atoms with Gasteiger partial charge in [0.15, 0.2) is 11.5 Å². The third kappa shape index (κ3) is 7.65. The smallest absolute Gasteiger partial charge is 0.164 e. The number of anilines is 1. The number of phenolic OH excluding ortho intramolecular Hbond substituents is 1. The Morgan fingerprint density at radius 3 is 2.78 bits per heavy atom. The molecule has 0 bridgehead atoms. The molecule has 0 amide bonds. The van der Waals surface area contributed by atoms with Gasteiger partial charge in [-0.25, -0.2) is 0 Å². The number of aryl methyl sites for hydroxylation is 1. The summed E-state index contributed by atoms with van der Waals surface area (Å²) in [5, 5.41) is 10.6. The average molecular weight is 496 g/mol. The van der Waals surface area contributed by atoms with Crippen LogP contribution < -0.4 is 15.2 Å². The van der Waals surface area contributed by atoms with Crippen molar-refractivity contribution < 1.29 is 14.6 Å². The van der Waals surface area contributed by atoms with Gasteiger partial charge >= 0.3 is 0 Å². The number of nitrogens with two attached hydrogens (primary N) is 1. The highest BCUT2D eigenvalue weighted by Crippen LogP contribution is 2.35. The molecule has 2 aromatic carbocycles. The van der Waals surface area contributed by atoms with Crippen LogP contribution in [0.25, 0.3) is 0 Å². The summed E-state index contributed by atoms with van der Waals surface area (Å²) in [5.41, 5.74) is 10.3. The van der Waals surface area contributed by atoms with Gasteiger partial charge in [0.05, 0.1) is 13.7 Å². The van der Waals surface area contributed by atoms with Crippen LogP contribution in [0, 0.1) is 11.8 Å². The molecule has 0 aromatic heterocycles. The normalized spacial score (nSPS) is 17.8. The SMILES string of the molecule is C=C.COc1ccc(N)cc1CN1CC[C@@H](CN(Cc2cc(O)c3c(c2)CCCCO3)CC(C)C)C1. The molecule has 1 atom stereocenters. The van der Waals surface area contributed by atoms with Crippen molar-refractivity contribution in [3.63, 3.8) is 0 Å². The number of nitrogens with zero attached hydrogens (tertiary/aromatic N) is 2. The van der Waals surface area contributed by atoms with Gasteiger partial charge in [0.1, 0.15) is 5.75 Å². The topological polar surface area (TPSA) is 71.2 Å². The van der Waals surface area contributed by atoms with Crippen molar-refractivity contribution in [1.82, 2.24) is 9.80 Å². The van der Waals surface area contributed by atoms with E-state index in [4.69, 9.17) is 15.2 Å². The van der Waals surface area contributed by atoms with Crippen molar-refractivity contribution in [2.24, 2.45) is 11.8 Å². The van der Waals surface area contributed by atoms with Crippen LogP contribution in [0.2, 0.25) is 0 Å². The number of hydrogen-bond acceptors (Lipinski definition) is 6. The van der Waals surface area contributed by atoms with E-state index >= 15 is 0 Å². The Bertz CT molecular complexity index is 978. The molecule has 2 aromatic rings. The molecule has 36 heavy (non-hydrogen) atoms. The van der Waals surface area contributed by atoms with E-state index in [9.17, 15) is 5.11 Å². The standard InChI is InChI=1S/C28H41N3O3.C2H4/c1-20(2)15-31(18-22-12-23-6-4-5-11-34-28(23)26(32)13-22)17-21-9-10-30(16-21)19-24-14-25(29)7-8-27(24)33-3;1-2/h7-8,12-14,20-21,32H,4-6,9-11,15-19,29H2,1-3H3;1-2H2/t21-;/m1./s1. The number of rotatable bonds is 9. The van der Waals surface area contributed by atoms with E-state index in [2.05, 4.69) is 42.9 Å². The van der Waals surface area contributed by atoms with Crippen LogP contribution >= 0.6 is 0 Å². The van der Waals surface area contributed by atoms with E-state index < -0.39 is 0 Å². The minimum atomic E-state index is 0.294. The fourth-order valence-corrected chi connectivity index (χ4v) is 5.48. The fourth-order valence-electron chi connectivity index (χ4n) is 5.48. The Labute approximate surface area is 217 Å². The van der Waals surface area contributed by atoms with Gasteiger partial charge in [0.25, 0.3) is 0 Å². The lowest BCUT2D eigenvalue weighted by molar-refractivity contribution is 0.196. The summed E-state index contributed by atoms with van der Waals surface area (Å²) in [6.45, 7) is 17.3. The Morgan fingerprint density at radius 1 is 1.22 bits per heavy atom. The van der Waals surface area contributed by atoms with E-state index in [1.807, 2.05) is 24.3 Å². The van der Waals surface area contributed by atoms with Crippen LogP contribution in [0.4, 0.5) is 5.69 Å². The molecule has 4 rings (SSSR count). The summed E-state index contributed by atoms with van der Waals surface area (Å²) in [6, 6.07) is 10.0. The maximum atomic E-state index is 10.6. The van der Waals surface area contributed by atoms with Gasteiger partial charge in [-0.1, -0.05) is 19.9 Å². The van der Waals surface area contributed by atoms with Crippen LogP contribution in [0.3, 0.4) is 0 Å². The molecule has 2 aliphatic rings. The molecule has 2 aliphatic heterocycles. The van der Waals surface area contributed by atoms with E-state index in [1.165, 1.54) is 12.0 Å². The zero-order chi connectivity index (χ0) is 26.1. The molecule has 3 N–H and O–H groups in total. The maximum Gasteiger partial charge on any atom is 0.164 e. The lowest BCUT2D eigenvalue weighted by Gasteiger charge is -2.28. The molecule has 2 heterocycles. The first-order valence-corrected chi connectivity index (χ1v) is 13.3. The second-order valence-corrected chi connectivity index (χ2v) is 10.5. The highest BCUT2D eigenvalue weighted by Gasteiger charge is 2.26. The maximum absolute atomic E-state index is 10.6. The largest absolute Gasteiger partial charge is 0.504 e. The first-order valence-electron chi connectivity index (χ1n) is 13.3. The summed E-state index contributed by atoms with van der Waals surface area (Å²) in [4.78, 5) is 5.08. The second-order valence-electron chi connectivity index (χ2n) is 10.5. The van der Waals surface area contributed by atoms with E-state index in [-0.39, 0.29) is 0 Å². The third-order valence-electron chi connectivity index (χ3n) is 6.91. The summed E-state index contributed by atoms with van der Waals surface area (Å²) < 4.78 is 11.4. The minimum Gasteiger partial charge on any atom is -0.504 e. The number of likely N-dealkylation sites (tertiary alicyclic amines) is 1. The van der Waals surface area contributed by atoms with Crippen LogP contribution in [-0.2, 0) is 19.5 Å². The van der Waals surface area contributed by atoms with Crippen LogP contribution in [0.5, 0.6) is 17.2 Å². The molecule has 0 spiro atoms. The lowest BCUT2D eigenvalue weighted by Crippen LogP contribution is -2.33. The van der Waals surface area contributed by atoms with Gasteiger partial charge in [-0.15, -0.1) is 13.2 Å². The van der Waals surface area contributed by atoms with Gasteiger partial charge in [-0.2, -0.15) is 0 Å². The van der Waals surface area contributed by atoms with Gasteiger partial charge in [0, 0.05) is 44.0 Å². The van der Waals surface area contributed by atoms with Crippen LogP contribution in [-0.4, -0.2) is 54.8 Å². The molecule has 0 aliphatic carbocycles. The monoisotopic (exact) mass is 495 g/mol. The van der Waals surface area contributed by atoms with Crippen LogP contribution in [0.1, 0.15) is 49.8 Å². The molecule has 0 unspecified atom stereocenters. The molecule has 1 fully saturated rings. The average Bonchev–Trinajstić information content (AvgIpc) is 3.13. The van der Waals surface area contributed by atoms with Crippen LogP contribution in [0.15, 0.2) is 43.5 Å². The molecular formula is C30H45N3O3. The van der Waals surface area contributed by atoms with Crippen molar-refractivity contribution in [3.8, 4) is 17.2 Å². The zero-order valence-corrected chi connectivity index (χ0v) is 22.5. The Kier molecular flexibility index (Phi) is 10.5. The molecule has 6 nitrogen and oxygen atoms in total. The first-order chi connectivity index (χ1) is 17.4. The predicted octanol–water partition coefficient (Wildman–Crippen LogP) is 5.48. The number of aromatic hydroxyl groups is 1. The first kappa shape index (κ1) is 27.9. The fraction of sp³-hybridized carbons (Fsp3) is 0.533. The number of methoxy groups -OCH3 is 1. The number of ether oxygens (including phenoxy) is 2. The van der Waals surface area contributed by atoms with Crippen molar-refractivity contribution in [2.75, 3.05) is 45.6 Å². The van der Waals surface area contributed by atoms with Gasteiger partial charge in [0.2, 0.25) is 0 Å². The van der Waals surface area contributed by atoms with Crippen molar-refractivity contribution in [1.29, 1.82) is 0 Å². The number of hydrogen-bond donors (Lipinski definition) is 2. The van der Waals surface area contributed by atoms with Gasteiger partial charge < -0.3 is 20.3 Å². The Balaban J connectivity index is 0.00000176. The second kappa shape index (κ2) is 13.6. The van der Waals surface area contributed by atoms with Crippen molar-refractivity contribution in [2.45, 2.75) is 52.6 Å². The van der Waals surface area contributed by atoms with Crippen molar-refractivity contribution >= 4 is 5.69 Å². The summed E-state index contributed by atoms with van der Waals surface area (Å²) in [7, 11) is 1.72. The van der Waals surface area contributed by atoms with E-state index in [0.29, 0.717) is 29.9 Å². The predicted molar refractivity (Wildman–Crippen MR) is 149 cm³/mol.